The van der Waals surface area contributed by atoms with Gasteiger partial charge < -0.3 is 14.8 Å². The highest BCUT2D eigenvalue weighted by atomic mass is 16.4. The van der Waals surface area contributed by atoms with Crippen LogP contribution in [-0.2, 0) is 22.7 Å². The smallest absolute Gasteiger partial charge is 0.328 e. The lowest BCUT2D eigenvalue weighted by atomic mass is 10.1. The summed E-state index contributed by atoms with van der Waals surface area (Å²) in [5.41, 5.74) is 5.00. The van der Waals surface area contributed by atoms with Crippen molar-refractivity contribution in [2.75, 3.05) is 6.54 Å². The molecule has 0 amide bonds. The third kappa shape index (κ3) is 5.03. The topological polar surface area (TPSA) is 95.7 Å². The fourth-order valence-corrected chi connectivity index (χ4v) is 2.94. The fraction of sp³-hybridized carbons (Fsp3) is 0.316. The standard InChI is InChI=1S/C15H19N3.C4H4O4/c1-11(2)7-17-9-13-5-4-6-14-15(13)18(10-16-14)8-12(17)3;5-3(6)1-2-4(7)8/h4-6,10,12H,1,7-9H2,2-3H3;1-2H,(H,5,6)(H,7,8)/b;2-1+. The first-order valence-electron chi connectivity index (χ1n) is 8.23. The van der Waals surface area contributed by atoms with E-state index in [4.69, 9.17) is 10.2 Å². The lowest BCUT2D eigenvalue weighted by Gasteiger charge is -2.27. The van der Waals surface area contributed by atoms with E-state index in [1.165, 1.54) is 16.7 Å². The number of aliphatic carboxylic acids is 2. The van der Waals surface area contributed by atoms with Gasteiger partial charge in [-0.15, -0.1) is 0 Å². The quantitative estimate of drug-likeness (QED) is 0.645. The molecular formula is C19H23N3O4. The predicted octanol–water partition coefficient (Wildman–Crippen LogP) is 2.53. The summed E-state index contributed by atoms with van der Waals surface area (Å²) in [6, 6.07) is 6.91. The zero-order valence-corrected chi connectivity index (χ0v) is 14.9. The number of carboxylic acid groups (broad SMARTS) is 2. The number of carbonyl (C=O) groups is 2. The summed E-state index contributed by atoms with van der Waals surface area (Å²) in [5, 5.41) is 15.6. The molecule has 1 aliphatic heterocycles. The summed E-state index contributed by atoms with van der Waals surface area (Å²) in [4.78, 5) is 26.1. The van der Waals surface area contributed by atoms with Gasteiger partial charge in [-0.3, -0.25) is 4.90 Å². The maximum absolute atomic E-state index is 9.55. The highest BCUT2D eigenvalue weighted by Gasteiger charge is 2.21. The minimum absolute atomic E-state index is 0.506. The van der Waals surface area contributed by atoms with Crippen LogP contribution in [-0.4, -0.2) is 49.2 Å². The van der Waals surface area contributed by atoms with E-state index in [-0.39, 0.29) is 0 Å². The molecule has 0 saturated heterocycles. The van der Waals surface area contributed by atoms with E-state index in [0.29, 0.717) is 18.2 Å². The number of para-hydroxylation sites is 1. The van der Waals surface area contributed by atoms with Crippen LogP contribution >= 0.6 is 0 Å². The molecule has 0 fully saturated rings. The Hall–Kier alpha value is -2.93. The second-order valence-corrected chi connectivity index (χ2v) is 6.40. The SMILES string of the molecule is C=C(C)CN1Cc2cccc3ncn(c23)CC1C.O=C(O)/C=C/C(=O)O. The number of aromatic nitrogens is 2. The summed E-state index contributed by atoms with van der Waals surface area (Å²) < 4.78 is 2.29. The molecule has 2 aromatic rings. The van der Waals surface area contributed by atoms with E-state index in [0.717, 1.165) is 25.2 Å². The van der Waals surface area contributed by atoms with Crippen LogP contribution in [0.1, 0.15) is 19.4 Å². The van der Waals surface area contributed by atoms with Crippen LogP contribution in [0.2, 0.25) is 0 Å². The zero-order chi connectivity index (χ0) is 19.3. The van der Waals surface area contributed by atoms with Gasteiger partial charge in [0, 0.05) is 37.8 Å². The Kier molecular flexibility index (Phi) is 6.30. The Bertz CT molecular complexity index is 838. The van der Waals surface area contributed by atoms with Gasteiger partial charge in [-0.25, -0.2) is 14.6 Å². The molecule has 0 bridgehead atoms. The molecule has 2 heterocycles. The fourth-order valence-electron chi connectivity index (χ4n) is 2.94. The third-order valence-electron chi connectivity index (χ3n) is 4.02. The minimum atomic E-state index is -1.26. The summed E-state index contributed by atoms with van der Waals surface area (Å²) in [5.74, 6) is -2.51. The van der Waals surface area contributed by atoms with Gasteiger partial charge >= 0.3 is 11.9 Å². The molecule has 138 valence electrons. The Morgan fingerprint density at radius 3 is 2.54 bits per heavy atom. The number of imidazole rings is 1. The van der Waals surface area contributed by atoms with Gasteiger partial charge in [0.15, 0.2) is 0 Å². The van der Waals surface area contributed by atoms with Crippen molar-refractivity contribution in [3.05, 3.63) is 54.4 Å². The molecular weight excluding hydrogens is 334 g/mol. The van der Waals surface area contributed by atoms with Crippen LogP contribution in [0.4, 0.5) is 0 Å². The lowest BCUT2D eigenvalue weighted by Crippen LogP contribution is -2.35. The van der Waals surface area contributed by atoms with Gasteiger partial charge in [0.2, 0.25) is 0 Å². The number of nitrogens with zero attached hydrogens (tertiary/aromatic N) is 3. The maximum atomic E-state index is 9.55. The number of benzene rings is 1. The van der Waals surface area contributed by atoms with Gasteiger partial charge in [-0.05, 0) is 25.5 Å². The van der Waals surface area contributed by atoms with Crippen LogP contribution in [0.25, 0.3) is 11.0 Å². The lowest BCUT2D eigenvalue weighted by molar-refractivity contribution is -0.134. The summed E-state index contributed by atoms with van der Waals surface area (Å²) in [6.07, 6.45) is 3.08. The average molecular weight is 357 g/mol. The molecule has 0 aliphatic carbocycles. The third-order valence-corrected chi connectivity index (χ3v) is 4.02. The number of carboxylic acids is 2. The van der Waals surface area contributed by atoms with Gasteiger partial charge in [0.1, 0.15) is 0 Å². The second-order valence-electron chi connectivity index (χ2n) is 6.40. The summed E-state index contributed by atoms with van der Waals surface area (Å²) >= 11 is 0. The number of hydrogen-bond acceptors (Lipinski definition) is 4. The van der Waals surface area contributed by atoms with E-state index >= 15 is 0 Å². The van der Waals surface area contributed by atoms with Crippen molar-refractivity contribution in [1.29, 1.82) is 0 Å². The van der Waals surface area contributed by atoms with Crippen LogP contribution < -0.4 is 0 Å². The Morgan fingerprint density at radius 1 is 1.31 bits per heavy atom. The van der Waals surface area contributed by atoms with Crippen LogP contribution in [0.3, 0.4) is 0 Å². The Balaban J connectivity index is 0.000000260. The first kappa shape index (κ1) is 19.4. The molecule has 2 N–H and O–H groups in total. The Labute approximate surface area is 151 Å². The normalized spacial score (nSPS) is 16.8. The van der Waals surface area contributed by atoms with Crippen molar-refractivity contribution < 1.29 is 19.8 Å². The minimum Gasteiger partial charge on any atom is -0.478 e. The largest absolute Gasteiger partial charge is 0.478 e. The predicted molar refractivity (Wildman–Crippen MR) is 98.8 cm³/mol. The van der Waals surface area contributed by atoms with E-state index in [2.05, 4.69) is 53.1 Å². The molecule has 1 aliphatic rings. The van der Waals surface area contributed by atoms with Gasteiger partial charge in [-0.2, -0.15) is 0 Å². The number of hydrogen-bond donors (Lipinski definition) is 2. The van der Waals surface area contributed by atoms with Crippen molar-refractivity contribution in [3.8, 4) is 0 Å². The highest BCUT2D eigenvalue weighted by molar-refractivity contribution is 5.89. The molecule has 7 heteroatoms. The maximum Gasteiger partial charge on any atom is 0.328 e. The molecule has 3 rings (SSSR count). The first-order valence-corrected chi connectivity index (χ1v) is 8.23. The molecule has 0 radical (unpaired) electrons. The zero-order valence-electron chi connectivity index (χ0n) is 14.9. The van der Waals surface area contributed by atoms with Crippen molar-refractivity contribution in [2.24, 2.45) is 0 Å². The van der Waals surface area contributed by atoms with E-state index in [9.17, 15) is 9.59 Å². The first-order chi connectivity index (χ1) is 12.3. The molecule has 7 nitrogen and oxygen atoms in total. The average Bonchev–Trinajstić information content (AvgIpc) is 2.90. The van der Waals surface area contributed by atoms with Crippen molar-refractivity contribution >= 4 is 23.0 Å². The molecule has 0 saturated carbocycles. The highest BCUT2D eigenvalue weighted by Crippen LogP contribution is 2.25. The van der Waals surface area contributed by atoms with Crippen molar-refractivity contribution in [2.45, 2.75) is 33.0 Å². The summed E-state index contributed by atoms with van der Waals surface area (Å²) in [6.45, 7) is 11.4. The van der Waals surface area contributed by atoms with E-state index in [1.807, 2.05) is 6.33 Å². The van der Waals surface area contributed by atoms with Crippen LogP contribution in [0.5, 0.6) is 0 Å². The van der Waals surface area contributed by atoms with Crippen molar-refractivity contribution in [3.63, 3.8) is 0 Å². The number of rotatable bonds is 4. The molecule has 1 aromatic carbocycles. The van der Waals surface area contributed by atoms with Gasteiger partial charge in [0.05, 0.1) is 17.4 Å². The van der Waals surface area contributed by atoms with Crippen molar-refractivity contribution in [1.82, 2.24) is 14.5 Å². The second kappa shape index (κ2) is 8.44. The van der Waals surface area contributed by atoms with Crippen LogP contribution in [0, 0.1) is 0 Å². The monoisotopic (exact) mass is 357 g/mol. The molecule has 26 heavy (non-hydrogen) atoms. The van der Waals surface area contributed by atoms with E-state index < -0.39 is 11.9 Å². The van der Waals surface area contributed by atoms with Crippen LogP contribution in [0.15, 0.2) is 48.8 Å². The summed E-state index contributed by atoms with van der Waals surface area (Å²) in [7, 11) is 0. The van der Waals surface area contributed by atoms with Gasteiger partial charge in [-0.1, -0.05) is 24.3 Å². The molecule has 1 atom stereocenters. The Morgan fingerprint density at radius 2 is 1.96 bits per heavy atom. The van der Waals surface area contributed by atoms with E-state index in [1.54, 1.807) is 0 Å². The molecule has 1 unspecified atom stereocenters. The molecule has 0 spiro atoms. The molecule has 1 aromatic heterocycles. The van der Waals surface area contributed by atoms with Gasteiger partial charge in [0.25, 0.3) is 0 Å².